The predicted molar refractivity (Wildman–Crippen MR) is 74.5 cm³/mol. The minimum atomic E-state index is -0.246. The molecule has 0 bridgehead atoms. The van der Waals surface area contributed by atoms with Crippen molar-refractivity contribution in [2.75, 3.05) is 10.6 Å². The Hall–Kier alpha value is -2.56. The van der Waals surface area contributed by atoms with Gasteiger partial charge in [0.25, 0.3) is 5.91 Å². The minimum Gasteiger partial charge on any atom is -0.472 e. The topological polar surface area (TPSA) is 71.3 Å². The molecule has 1 aromatic heterocycles. The zero-order chi connectivity index (χ0) is 13.9. The summed E-state index contributed by atoms with van der Waals surface area (Å²) >= 11 is 0. The van der Waals surface area contributed by atoms with Gasteiger partial charge in [-0.05, 0) is 37.1 Å². The first-order valence-corrected chi connectivity index (χ1v) is 6.47. The van der Waals surface area contributed by atoms with E-state index in [-0.39, 0.29) is 17.7 Å². The van der Waals surface area contributed by atoms with E-state index in [4.69, 9.17) is 4.42 Å². The molecule has 5 nitrogen and oxygen atoms in total. The first-order chi connectivity index (χ1) is 9.72. The molecule has 1 heterocycles. The summed E-state index contributed by atoms with van der Waals surface area (Å²) in [6.07, 6.45) is 4.75. The third-order valence-electron chi connectivity index (χ3n) is 3.12. The van der Waals surface area contributed by atoms with E-state index < -0.39 is 0 Å². The van der Waals surface area contributed by atoms with Crippen molar-refractivity contribution in [1.82, 2.24) is 0 Å². The molecular weight excluding hydrogens is 256 g/mol. The summed E-state index contributed by atoms with van der Waals surface area (Å²) in [6.45, 7) is 0. The fraction of sp³-hybridized carbons (Fsp3) is 0.200. The summed E-state index contributed by atoms with van der Waals surface area (Å²) in [5, 5.41) is 5.60. The Bertz CT molecular complexity index is 630. The van der Waals surface area contributed by atoms with Gasteiger partial charge in [0.15, 0.2) is 0 Å². The molecule has 0 saturated heterocycles. The van der Waals surface area contributed by atoms with Crippen LogP contribution in [0.25, 0.3) is 0 Å². The Morgan fingerprint density at radius 2 is 1.85 bits per heavy atom. The van der Waals surface area contributed by atoms with E-state index in [1.807, 2.05) is 0 Å². The fourth-order valence-corrected chi connectivity index (χ4v) is 1.86. The number of anilines is 2. The number of amides is 2. The Kier molecular flexibility index (Phi) is 3.25. The van der Waals surface area contributed by atoms with Crippen molar-refractivity contribution in [1.29, 1.82) is 0 Å². The lowest BCUT2D eigenvalue weighted by molar-refractivity contribution is -0.117. The van der Waals surface area contributed by atoms with Gasteiger partial charge in [-0.15, -0.1) is 0 Å². The van der Waals surface area contributed by atoms with E-state index in [1.165, 1.54) is 12.5 Å². The number of carbonyl (C=O) groups excluding carboxylic acids is 2. The molecule has 0 radical (unpaired) electrons. The molecule has 20 heavy (non-hydrogen) atoms. The summed E-state index contributed by atoms with van der Waals surface area (Å²) < 4.78 is 4.87. The van der Waals surface area contributed by atoms with Crippen LogP contribution >= 0.6 is 0 Å². The molecule has 1 fully saturated rings. The summed E-state index contributed by atoms with van der Waals surface area (Å²) in [4.78, 5) is 23.6. The smallest absolute Gasteiger partial charge is 0.258 e. The molecule has 1 aliphatic carbocycles. The van der Waals surface area contributed by atoms with Gasteiger partial charge >= 0.3 is 0 Å². The van der Waals surface area contributed by atoms with Gasteiger partial charge in [-0.3, -0.25) is 9.59 Å². The largest absolute Gasteiger partial charge is 0.472 e. The third-order valence-corrected chi connectivity index (χ3v) is 3.12. The van der Waals surface area contributed by atoms with Crippen LogP contribution in [0.15, 0.2) is 47.3 Å². The van der Waals surface area contributed by atoms with Gasteiger partial charge in [0, 0.05) is 17.3 Å². The number of rotatable bonds is 4. The second kappa shape index (κ2) is 5.21. The summed E-state index contributed by atoms with van der Waals surface area (Å²) in [5.74, 6) is -0.0492. The Labute approximate surface area is 116 Å². The molecule has 1 saturated carbocycles. The quantitative estimate of drug-likeness (QED) is 0.897. The zero-order valence-corrected chi connectivity index (χ0v) is 10.8. The Balaban J connectivity index is 1.67. The molecule has 0 unspecified atom stereocenters. The average molecular weight is 270 g/mol. The van der Waals surface area contributed by atoms with E-state index in [1.54, 1.807) is 30.3 Å². The molecular formula is C15H14N2O3. The highest BCUT2D eigenvalue weighted by atomic mass is 16.3. The molecule has 2 amide bonds. The summed E-state index contributed by atoms with van der Waals surface area (Å²) in [6, 6.07) is 8.68. The first kappa shape index (κ1) is 12.5. The predicted octanol–water partition coefficient (Wildman–Crippen LogP) is 2.88. The lowest BCUT2D eigenvalue weighted by Gasteiger charge is -2.07. The second-order valence-corrected chi connectivity index (χ2v) is 4.81. The monoisotopic (exact) mass is 270 g/mol. The van der Waals surface area contributed by atoms with Crippen LogP contribution in [0.3, 0.4) is 0 Å². The lowest BCUT2D eigenvalue weighted by atomic mass is 10.2. The van der Waals surface area contributed by atoms with Crippen molar-refractivity contribution in [2.24, 2.45) is 5.92 Å². The normalized spacial score (nSPS) is 13.8. The highest BCUT2D eigenvalue weighted by molar-refractivity contribution is 6.04. The maximum Gasteiger partial charge on any atom is 0.258 e. The van der Waals surface area contributed by atoms with Crippen molar-refractivity contribution in [3.05, 3.63) is 48.4 Å². The van der Waals surface area contributed by atoms with Crippen LogP contribution in [0, 0.1) is 5.92 Å². The van der Waals surface area contributed by atoms with E-state index in [2.05, 4.69) is 10.6 Å². The minimum absolute atomic E-state index is 0.0447. The Morgan fingerprint density at radius 3 is 2.50 bits per heavy atom. The van der Waals surface area contributed by atoms with Gasteiger partial charge in [0.1, 0.15) is 6.26 Å². The average Bonchev–Trinajstić information content (AvgIpc) is 3.14. The van der Waals surface area contributed by atoms with Crippen LogP contribution in [-0.4, -0.2) is 11.8 Å². The molecule has 102 valence electrons. The van der Waals surface area contributed by atoms with Crippen LogP contribution in [0.1, 0.15) is 23.2 Å². The lowest BCUT2D eigenvalue weighted by Crippen LogP contribution is -2.14. The fourth-order valence-electron chi connectivity index (χ4n) is 1.86. The molecule has 0 spiro atoms. The highest BCUT2D eigenvalue weighted by Crippen LogP contribution is 2.30. The van der Waals surface area contributed by atoms with Gasteiger partial charge in [-0.2, -0.15) is 0 Å². The van der Waals surface area contributed by atoms with Crippen LogP contribution in [0.2, 0.25) is 0 Å². The van der Waals surface area contributed by atoms with Gasteiger partial charge < -0.3 is 15.1 Å². The number of carbonyl (C=O) groups is 2. The van der Waals surface area contributed by atoms with Crippen LogP contribution < -0.4 is 10.6 Å². The number of hydrogen-bond donors (Lipinski definition) is 2. The SMILES string of the molecule is O=C(Nc1cccc(NC(=O)C2CC2)c1)c1ccoc1. The van der Waals surface area contributed by atoms with Gasteiger partial charge in [-0.1, -0.05) is 6.07 Å². The van der Waals surface area contributed by atoms with Crippen LogP contribution in [-0.2, 0) is 4.79 Å². The number of benzene rings is 1. The van der Waals surface area contributed by atoms with E-state index in [0.29, 0.717) is 16.9 Å². The Morgan fingerprint density at radius 1 is 1.10 bits per heavy atom. The number of nitrogens with one attached hydrogen (secondary N) is 2. The van der Waals surface area contributed by atoms with Crippen LogP contribution in [0.5, 0.6) is 0 Å². The highest BCUT2D eigenvalue weighted by Gasteiger charge is 2.29. The van der Waals surface area contributed by atoms with E-state index in [0.717, 1.165) is 12.8 Å². The van der Waals surface area contributed by atoms with E-state index in [9.17, 15) is 9.59 Å². The second-order valence-electron chi connectivity index (χ2n) is 4.81. The molecule has 0 aliphatic heterocycles. The molecule has 1 aliphatic rings. The molecule has 1 aromatic carbocycles. The molecule has 2 aromatic rings. The van der Waals surface area contributed by atoms with Crippen molar-refractivity contribution < 1.29 is 14.0 Å². The van der Waals surface area contributed by atoms with Gasteiger partial charge in [0.2, 0.25) is 5.91 Å². The molecule has 0 atom stereocenters. The van der Waals surface area contributed by atoms with Crippen molar-refractivity contribution >= 4 is 23.2 Å². The summed E-state index contributed by atoms with van der Waals surface area (Å²) in [5.41, 5.74) is 1.77. The van der Waals surface area contributed by atoms with Crippen molar-refractivity contribution in [3.8, 4) is 0 Å². The number of hydrogen-bond acceptors (Lipinski definition) is 3. The van der Waals surface area contributed by atoms with Gasteiger partial charge in [0.05, 0.1) is 11.8 Å². The standard InChI is InChI=1S/C15H14N2O3/c18-14(10-4-5-10)16-12-2-1-3-13(8-12)17-15(19)11-6-7-20-9-11/h1-3,6-10H,4-5H2,(H,16,18)(H,17,19). The number of furan rings is 1. The van der Waals surface area contributed by atoms with Gasteiger partial charge in [-0.25, -0.2) is 0 Å². The molecule has 5 heteroatoms. The third kappa shape index (κ3) is 2.88. The molecule has 2 N–H and O–H groups in total. The van der Waals surface area contributed by atoms with Crippen LogP contribution in [0.4, 0.5) is 11.4 Å². The van der Waals surface area contributed by atoms with E-state index >= 15 is 0 Å². The first-order valence-electron chi connectivity index (χ1n) is 6.47. The molecule has 3 rings (SSSR count). The summed E-state index contributed by atoms with van der Waals surface area (Å²) in [7, 11) is 0. The van der Waals surface area contributed by atoms with Crippen molar-refractivity contribution in [2.45, 2.75) is 12.8 Å². The zero-order valence-electron chi connectivity index (χ0n) is 10.8. The maximum absolute atomic E-state index is 11.9. The van der Waals surface area contributed by atoms with Crippen molar-refractivity contribution in [3.63, 3.8) is 0 Å². The maximum atomic E-state index is 11.9.